The van der Waals surface area contributed by atoms with Crippen LogP contribution in [-0.2, 0) is 6.54 Å². The number of rotatable bonds is 2. The molecule has 1 saturated heterocycles. The molecule has 0 aromatic carbocycles. The predicted octanol–water partition coefficient (Wildman–Crippen LogP) is 1.49. The number of hydrogen-bond acceptors (Lipinski definition) is 3. The molecule has 3 atom stereocenters. The number of nitrogens with one attached hydrogen (secondary N) is 1. The van der Waals surface area contributed by atoms with E-state index in [-0.39, 0.29) is 5.56 Å². The van der Waals surface area contributed by atoms with E-state index < -0.39 is 0 Å². The average molecular weight is 304 g/mol. The molecule has 1 unspecified atom stereocenters. The molecule has 5 heteroatoms. The van der Waals surface area contributed by atoms with Crippen LogP contribution in [0.5, 0.6) is 0 Å². The number of likely N-dealkylation sites (tertiary alicyclic amines) is 1. The molecular formula is C16H22N3OS+. The van der Waals surface area contributed by atoms with E-state index in [1.165, 1.54) is 45.1 Å². The summed E-state index contributed by atoms with van der Waals surface area (Å²) in [5, 5.41) is 1.93. The van der Waals surface area contributed by atoms with Crippen LogP contribution in [0.4, 0.5) is 0 Å². The molecule has 1 N–H and O–H groups in total. The molecule has 2 fully saturated rings. The Morgan fingerprint density at radius 3 is 3.10 bits per heavy atom. The zero-order valence-electron chi connectivity index (χ0n) is 12.3. The van der Waals surface area contributed by atoms with Crippen LogP contribution in [0.25, 0.3) is 4.96 Å². The maximum atomic E-state index is 12.1. The van der Waals surface area contributed by atoms with E-state index >= 15 is 0 Å². The summed E-state index contributed by atoms with van der Waals surface area (Å²) in [6.45, 7) is 2.16. The van der Waals surface area contributed by atoms with Gasteiger partial charge in [0.2, 0.25) is 0 Å². The van der Waals surface area contributed by atoms with Crippen molar-refractivity contribution in [3.8, 4) is 0 Å². The van der Waals surface area contributed by atoms with Crippen LogP contribution < -0.4 is 10.5 Å². The number of aromatic nitrogens is 2. The van der Waals surface area contributed by atoms with Crippen LogP contribution in [0.2, 0.25) is 0 Å². The zero-order chi connectivity index (χ0) is 14.2. The molecular weight excluding hydrogens is 282 g/mol. The van der Waals surface area contributed by atoms with Crippen molar-refractivity contribution in [2.45, 2.75) is 51.1 Å². The molecule has 0 amide bonds. The summed E-state index contributed by atoms with van der Waals surface area (Å²) in [5.41, 5.74) is 1.04. The Labute approximate surface area is 128 Å². The molecule has 1 aliphatic carbocycles. The van der Waals surface area contributed by atoms with Crippen LogP contribution >= 0.6 is 11.3 Å². The van der Waals surface area contributed by atoms with Crippen molar-refractivity contribution in [3.63, 3.8) is 0 Å². The van der Waals surface area contributed by atoms with Crippen molar-refractivity contribution in [3.05, 3.63) is 33.7 Å². The van der Waals surface area contributed by atoms with E-state index in [4.69, 9.17) is 0 Å². The first-order valence-electron chi connectivity index (χ1n) is 8.11. The van der Waals surface area contributed by atoms with Crippen molar-refractivity contribution in [2.24, 2.45) is 5.92 Å². The number of quaternary nitrogens is 1. The van der Waals surface area contributed by atoms with Gasteiger partial charge >= 0.3 is 0 Å². The average Bonchev–Trinajstić information content (AvgIpc) is 2.97. The van der Waals surface area contributed by atoms with Gasteiger partial charge in [0.1, 0.15) is 12.2 Å². The predicted molar refractivity (Wildman–Crippen MR) is 83.9 cm³/mol. The minimum absolute atomic E-state index is 0.0628. The van der Waals surface area contributed by atoms with Gasteiger partial charge in [-0.25, -0.2) is 4.98 Å². The Morgan fingerprint density at radius 1 is 1.29 bits per heavy atom. The molecule has 4 nitrogen and oxygen atoms in total. The molecule has 3 heterocycles. The smallest absolute Gasteiger partial charge is 0.258 e. The highest BCUT2D eigenvalue weighted by molar-refractivity contribution is 7.15. The Balaban J connectivity index is 1.59. The quantitative estimate of drug-likeness (QED) is 0.913. The molecule has 1 aliphatic heterocycles. The van der Waals surface area contributed by atoms with E-state index in [0.29, 0.717) is 0 Å². The van der Waals surface area contributed by atoms with Gasteiger partial charge in [0.15, 0.2) is 4.96 Å². The summed E-state index contributed by atoms with van der Waals surface area (Å²) < 4.78 is 1.64. The first kappa shape index (κ1) is 13.5. The third-order valence-electron chi connectivity index (χ3n) is 5.27. The van der Waals surface area contributed by atoms with Gasteiger partial charge < -0.3 is 4.90 Å². The van der Waals surface area contributed by atoms with E-state index in [9.17, 15) is 4.79 Å². The highest BCUT2D eigenvalue weighted by atomic mass is 32.1. The summed E-state index contributed by atoms with van der Waals surface area (Å²) in [4.78, 5) is 19.3. The molecule has 0 spiro atoms. The van der Waals surface area contributed by atoms with Crippen molar-refractivity contribution >= 4 is 16.3 Å². The molecule has 0 bridgehead atoms. The lowest BCUT2D eigenvalue weighted by Gasteiger charge is -2.41. The lowest BCUT2D eigenvalue weighted by atomic mass is 9.78. The van der Waals surface area contributed by atoms with Gasteiger partial charge in [-0.05, 0) is 32.1 Å². The highest BCUT2D eigenvalue weighted by Gasteiger charge is 2.36. The summed E-state index contributed by atoms with van der Waals surface area (Å²) in [6, 6.07) is 2.54. The van der Waals surface area contributed by atoms with Gasteiger partial charge in [-0.3, -0.25) is 9.20 Å². The third kappa shape index (κ3) is 2.53. The Kier molecular flexibility index (Phi) is 3.55. The lowest BCUT2D eigenvalue weighted by molar-refractivity contribution is -0.949. The van der Waals surface area contributed by atoms with Gasteiger partial charge in [0.05, 0.1) is 12.6 Å². The number of hydrogen-bond donors (Lipinski definition) is 1. The molecule has 2 aromatic rings. The minimum atomic E-state index is 0.0628. The summed E-state index contributed by atoms with van der Waals surface area (Å²) >= 11 is 1.54. The van der Waals surface area contributed by atoms with Crippen molar-refractivity contribution in [1.82, 2.24) is 9.38 Å². The molecule has 2 aromatic heterocycles. The minimum Gasteiger partial charge on any atom is -0.327 e. The summed E-state index contributed by atoms with van der Waals surface area (Å²) in [7, 11) is 0. The standard InChI is InChI=1S/C16H21N3OS/c20-15-10-13(17-16-19(15)8-9-21-16)11-18-7-3-5-12-4-1-2-6-14(12)18/h8-10,12,14H,1-7,11H2/p+1/t12-,14+/m1/s1. The largest absolute Gasteiger partial charge is 0.327 e. The van der Waals surface area contributed by atoms with E-state index in [0.717, 1.165) is 29.2 Å². The van der Waals surface area contributed by atoms with Crippen molar-refractivity contribution < 1.29 is 4.90 Å². The Hall–Kier alpha value is -1.20. The third-order valence-corrected chi connectivity index (χ3v) is 6.03. The van der Waals surface area contributed by atoms with E-state index in [2.05, 4.69) is 4.98 Å². The fraction of sp³-hybridized carbons (Fsp3) is 0.625. The monoisotopic (exact) mass is 304 g/mol. The summed E-state index contributed by atoms with van der Waals surface area (Å²) in [6.07, 6.45) is 10.1. The molecule has 1 saturated carbocycles. The molecule has 112 valence electrons. The van der Waals surface area contributed by atoms with Gasteiger partial charge in [-0.15, -0.1) is 11.3 Å². The number of thiazole rings is 1. The van der Waals surface area contributed by atoms with Gasteiger partial charge in [-0.2, -0.15) is 0 Å². The number of piperidine rings is 1. The second-order valence-corrected chi connectivity index (χ2v) is 7.39. The highest BCUT2D eigenvalue weighted by Crippen LogP contribution is 2.28. The zero-order valence-corrected chi connectivity index (χ0v) is 13.1. The van der Waals surface area contributed by atoms with Gasteiger partial charge in [0, 0.05) is 23.6 Å². The normalized spacial score (nSPS) is 29.4. The second kappa shape index (κ2) is 5.54. The van der Waals surface area contributed by atoms with Crippen LogP contribution in [-0.4, -0.2) is 22.0 Å². The first-order valence-corrected chi connectivity index (χ1v) is 8.99. The van der Waals surface area contributed by atoms with Gasteiger partial charge in [-0.1, -0.05) is 6.42 Å². The molecule has 0 radical (unpaired) electrons. The van der Waals surface area contributed by atoms with E-state index in [1.807, 2.05) is 11.6 Å². The molecule has 4 rings (SSSR count). The molecule has 21 heavy (non-hydrogen) atoms. The maximum absolute atomic E-state index is 12.1. The summed E-state index contributed by atoms with van der Waals surface area (Å²) in [5.74, 6) is 0.911. The van der Waals surface area contributed by atoms with E-state index in [1.54, 1.807) is 26.7 Å². The van der Waals surface area contributed by atoms with Crippen LogP contribution in [0.15, 0.2) is 22.4 Å². The first-order chi connectivity index (χ1) is 10.3. The molecule has 2 aliphatic rings. The fourth-order valence-corrected chi connectivity index (χ4v) is 5.04. The Morgan fingerprint density at radius 2 is 2.14 bits per heavy atom. The van der Waals surface area contributed by atoms with Gasteiger partial charge in [0.25, 0.3) is 5.56 Å². The van der Waals surface area contributed by atoms with Crippen LogP contribution in [0.1, 0.15) is 44.2 Å². The maximum Gasteiger partial charge on any atom is 0.258 e. The topological polar surface area (TPSA) is 38.8 Å². The fourth-order valence-electron chi connectivity index (χ4n) is 4.30. The number of nitrogens with zero attached hydrogens (tertiary/aromatic N) is 2. The Bertz CT molecular complexity index is 690. The SMILES string of the molecule is O=c1cc(C[NH+]2CCC[C@H]3CCCC[C@@H]32)nc2sccn12. The van der Waals surface area contributed by atoms with Crippen LogP contribution in [0, 0.1) is 5.92 Å². The number of fused-ring (bicyclic) bond motifs is 2. The second-order valence-electron chi connectivity index (χ2n) is 6.52. The van der Waals surface area contributed by atoms with Crippen LogP contribution in [0.3, 0.4) is 0 Å². The van der Waals surface area contributed by atoms with Crippen molar-refractivity contribution in [1.29, 1.82) is 0 Å². The van der Waals surface area contributed by atoms with Crippen molar-refractivity contribution in [2.75, 3.05) is 6.54 Å². The lowest BCUT2D eigenvalue weighted by Crippen LogP contribution is -3.16.